The van der Waals surface area contributed by atoms with Crippen LogP contribution < -0.4 is 5.73 Å². The largest absolute Gasteiger partial charge is 0.494 e. The molecule has 0 aliphatic heterocycles. The molecule has 0 aliphatic rings. The molecule has 0 fully saturated rings. The zero-order chi connectivity index (χ0) is 18.0. The van der Waals surface area contributed by atoms with E-state index in [4.69, 9.17) is 17.3 Å². The molecule has 6 heteroatoms. The van der Waals surface area contributed by atoms with Gasteiger partial charge in [-0.1, -0.05) is 37.1 Å². The van der Waals surface area contributed by atoms with Crippen LogP contribution in [0.15, 0.2) is 47.5 Å². The number of rotatable bonds is 5. The summed E-state index contributed by atoms with van der Waals surface area (Å²) in [4.78, 5) is 18.9. The van der Waals surface area contributed by atoms with Gasteiger partial charge in [0.25, 0.3) is 0 Å². The summed E-state index contributed by atoms with van der Waals surface area (Å²) >= 11 is 6.04. The Morgan fingerprint density at radius 2 is 2.08 bits per heavy atom. The van der Waals surface area contributed by atoms with Gasteiger partial charge in [0.1, 0.15) is 0 Å². The van der Waals surface area contributed by atoms with Crippen LogP contribution in [-0.2, 0) is 0 Å². The summed E-state index contributed by atoms with van der Waals surface area (Å²) in [5.41, 5.74) is 8.44. The van der Waals surface area contributed by atoms with Gasteiger partial charge in [0.2, 0.25) is 5.91 Å². The number of hydrogen-bond acceptors (Lipinski definition) is 3. The molecule has 1 heterocycles. The maximum absolute atomic E-state index is 11.4. The lowest BCUT2D eigenvalue weighted by atomic mass is 10.0. The van der Waals surface area contributed by atoms with E-state index >= 15 is 0 Å². The van der Waals surface area contributed by atoms with Crippen LogP contribution in [0.2, 0.25) is 5.02 Å². The fourth-order valence-electron chi connectivity index (χ4n) is 2.80. The van der Waals surface area contributed by atoms with Gasteiger partial charge in [-0.2, -0.15) is 0 Å². The molecule has 0 atom stereocenters. The van der Waals surface area contributed by atoms with Gasteiger partial charge in [-0.3, -0.25) is 9.79 Å². The Hall–Kier alpha value is -2.79. The van der Waals surface area contributed by atoms with Crippen molar-refractivity contribution in [2.75, 3.05) is 0 Å². The molecule has 4 N–H and O–H groups in total. The molecule has 0 unspecified atom stereocenters. The van der Waals surface area contributed by atoms with Crippen LogP contribution in [0, 0.1) is 0 Å². The van der Waals surface area contributed by atoms with E-state index in [1.165, 1.54) is 0 Å². The molecule has 5 nitrogen and oxygen atoms in total. The first-order valence-electron chi connectivity index (χ1n) is 7.97. The molecule has 0 aliphatic carbocycles. The van der Waals surface area contributed by atoms with Crippen LogP contribution in [0.4, 0.5) is 5.69 Å². The van der Waals surface area contributed by atoms with Crippen molar-refractivity contribution in [2.24, 2.45) is 10.7 Å². The number of nitrogens with zero attached hydrogens (tertiary/aromatic N) is 1. The molecule has 1 aromatic heterocycles. The summed E-state index contributed by atoms with van der Waals surface area (Å²) in [6.45, 7) is 2.05. The first kappa shape index (κ1) is 17.0. The Bertz CT molecular complexity index is 976. The number of amides is 1. The van der Waals surface area contributed by atoms with Crippen LogP contribution in [0.5, 0.6) is 5.88 Å². The number of primary amides is 1. The Balaban J connectivity index is 2.16. The quantitative estimate of drug-likeness (QED) is 0.586. The second-order valence-electron chi connectivity index (χ2n) is 5.76. The average Bonchev–Trinajstić information content (AvgIpc) is 2.89. The lowest BCUT2D eigenvalue weighted by Crippen LogP contribution is -2.10. The second kappa shape index (κ2) is 6.99. The molecule has 25 heavy (non-hydrogen) atoms. The third kappa shape index (κ3) is 3.51. The summed E-state index contributed by atoms with van der Waals surface area (Å²) in [6.07, 6.45) is 1.55. The third-order valence-corrected chi connectivity index (χ3v) is 4.15. The Morgan fingerprint density at radius 3 is 2.76 bits per heavy atom. The standard InChI is InChI=1S/C19H18ClN3O2/c1-2-4-15(22-13-6-3-5-12(20)10-13)17-14-8-7-11(18(21)24)9-16(14)23-19(17)25/h3,5-10,23,25H,2,4H2,1H3,(H2,21,24). The Morgan fingerprint density at radius 1 is 1.28 bits per heavy atom. The van der Waals surface area contributed by atoms with Gasteiger partial charge in [0.05, 0.1) is 17.0 Å². The molecule has 3 aromatic rings. The summed E-state index contributed by atoms with van der Waals surface area (Å²) in [5, 5.41) is 11.8. The average molecular weight is 356 g/mol. The molecule has 1 amide bonds. The zero-order valence-electron chi connectivity index (χ0n) is 13.7. The number of carbonyl (C=O) groups is 1. The molecule has 0 radical (unpaired) electrons. The maximum Gasteiger partial charge on any atom is 0.248 e. The highest BCUT2D eigenvalue weighted by Crippen LogP contribution is 2.31. The minimum Gasteiger partial charge on any atom is -0.494 e. The number of hydrogen-bond donors (Lipinski definition) is 3. The molecule has 3 rings (SSSR count). The van der Waals surface area contributed by atoms with Gasteiger partial charge in [-0.05, 0) is 36.8 Å². The van der Waals surface area contributed by atoms with Crippen molar-refractivity contribution in [3.63, 3.8) is 0 Å². The van der Waals surface area contributed by atoms with Gasteiger partial charge < -0.3 is 15.8 Å². The van der Waals surface area contributed by atoms with Crippen LogP contribution in [0.25, 0.3) is 10.9 Å². The number of fused-ring (bicyclic) bond motifs is 1. The SMILES string of the molecule is CCCC(=Nc1cccc(Cl)c1)c1c(O)[nH]c2cc(C(N)=O)ccc12. The number of aliphatic imine (C=N–C) groups is 1. The van der Waals surface area contributed by atoms with E-state index in [1.807, 2.05) is 19.1 Å². The summed E-state index contributed by atoms with van der Waals surface area (Å²) in [6, 6.07) is 12.3. The van der Waals surface area contributed by atoms with Crippen molar-refractivity contribution >= 4 is 39.8 Å². The number of aromatic hydroxyl groups is 1. The van der Waals surface area contributed by atoms with Crippen molar-refractivity contribution in [3.8, 4) is 5.88 Å². The van der Waals surface area contributed by atoms with Crippen molar-refractivity contribution in [1.82, 2.24) is 4.98 Å². The fraction of sp³-hybridized carbons (Fsp3) is 0.158. The first-order valence-corrected chi connectivity index (χ1v) is 8.35. The highest BCUT2D eigenvalue weighted by molar-refractivity contribution is 6.30. The lowest BCUT2D eigenvalue weighted by molar-refractivity contribution is 0.100. The van der Waals surface area contributed by atoms with E-state index in [0.29, 0.717) is 28.1 Å². The molecule has 0 saturated carbocycles. The molecule has 0 saturated heterocycles. The van der Waals surface area contributed by atoms with Crippen molar-refractivity contribution in [1.29, 1.82) is 0 Å². The number of benzene rings is 2. The van der Waals surface area contributed by atoms with Gasteiger partial charge in [0, 0.05) is 21.5 Å². The van der Waals surface area contributed by atoms with E-state index in [-0.39, 0.29) is 5.88 Å². The number of H-pyrrole nitrogens is 1. The first-order chi connectivity index (χ1) is 12.0. The maximum atomic E-state index is 11.4. The minimum atomic E-state index is -0.515. The predicted octanol–water partition coefficient (Wildman–Crippen LogP) is 4.55. The van der Waals surface area contributed by atoms with E-state index < -0.39 is 5.91 Å². The second-order valence-corrected chi connectivity index (χ2v) is 6.20. The van der Waals surface area contributed by atoms with E-state index in [9.17, 15) is 9.90 Å². The number of nitrogens with two attached hydrogens (primary N) is 1. The van der Waals surface area contributed by atoms with Gasteiger partial charge in [-0.15, -0.1) is 0 Å². The summed E-state index contributed by atoms with van der Waals surface area (Å²) < 4.78 is 0. The van der Waals surface area contributed by atoms with Crippen molar-refractivity contribution in [3.05, 3.63) is 58.6 Å². The van der Waals surface area contributed by atoms with Gasteiger partial charge >= 0.3 is 0 Å². The van der Waals surface area contributed by atoms with Gasteiger partial charge in [0.15, 0.2) is 5.88 Å². The Labute approximate surface area is 150 Å². The number of carbonyl (C=O) groups excluding carboxylic acids is 1. The molecule has 128 valence electrons. The minimum absolute atomic E-state index is 0.0193. The summed E-state index contributed by atoms with van der Waals surface area (Å²) in [7, 11) is 0. The molecular formula is C19H18ClN3O2. The molecule has 2 aromatic carbocycles. The third-order valence-electron chi connectivity index (χ3n) is 3.91. The lowest BCUT2D eigenvalue weighted by Gasteiger charge is -2.06. The number of nitrogens with one attached hydrogen (secondary N) is 1. The normalized spacial score (nSPS) is 11.8. The number of halogens is 1. The monoisotopic (exact) mass is 355 g/mol. The van der Waals surface area contributed by atoms with Crippen LogP contribution in [0.3, 0.4) is 0 Å². The molecule has 0 spiro atoms. The van der Waals surface area contributed by atoms with Crippen molar-refractivity contribution < 1.29 is 9.90 Å². The van der Waals surface area contributed by atoms with E-state index in [0.717, 1.165) is 23.2 Å². The summed E-state index contributed by atoms with van der Waals surface area (Å²) in [5.74, 6) is -0.496. The Kier molecular flexibility index (Phi) is 4.76. The zero-order valence-corrected chi connectivity index (χ0v) is 14.5. The van der Waals surface area contributed by atoms with E-state index in [2.05, 4.69) is 9.98 Å². The van der Waals surface area contributed by atoms with Gasteiger partial charge in [-0.25, -0.2) is 0 Å². The van der Waals surface area contributed by atoms with E-state index in [1.54, 1.807) is 30.3 Å². The number of aromatic amines is 1. The van der Waals surface area contributed by atoms with Crippen LogP contribution in [0.1, 0.15) is 35.7 Å². The predicted molar refractivity (Wildman–Crippen MR) is 101 cm³/mol. The molecule has 0 bridgehead atoms. The highest BCUT2D eigenvalue weighted by atomic mass is 35.5. The fourth-order valence-corrected chi connectivity index (χ4v) is 2.99. The molecular weight excluding hydrogens is 338 g/mol. The van der Waals surface area contributed by atoms with Crippen LogP contribution in [-0.4, -0.2) is 21.7 Å². The smallest absolute Gasteiger partial charge is 0.248 e. The highest BCUT2D eigenvalue weighted by Gasteiger charge is 2.17. The van der Waals surface area contributed by atoms with Crippen molar-refractivity contribution in [2.45, 2.75) is 19.8 Å². The van der Waals surface area contributed by atoms with Crippen LogP contribution >= 0.6 is 11.6 Å². The number of aromatic nitrogens is 1. The topological polar surface area (TPSA) is 91.5 Å².